The molecule has 7 nitrogen and oxygen atoms in total. The zero-order valence-electron chi connectivity index (χ0n) is 15.9. The molecule has 1 N–H and O–H groups in total. The van der Waals surface area contributed by atoms with Crippen LogP contribution in [-0.2, 0) is 0 Å². The maximum atomic E-state index is 6.39. The van der Waals surface area contributed by atoms with Gasteiger partial charge in [0, 0.05) is 16.8 Å². The van der Waals surface area contributed by atoms with Gasteiger partial charge in [-0.05, 0) is 24.6 Å². The highest BCUT2D eigenvalue weighted by Gasteiger charge is 2.36. The number of aromatic nitrogens is 6. The summed E-state index contributed by atoms with van der Waals surface area (Å²) < 4.78 is 7.71. The van der Waals surface area contributed by atoms with E-state index in [1.165, 1.54) is 0 Å². The number of rotatable bonds is 2. The summed E-state index contributed by atoms with van der Waals surface area (Å²) >= 11 is 6.39. The van der Waals surface area contributed by atoms with Crippen LogP contribution in [-0.4, -0.2) is 29.8 Å². The van der Waals surface area contributed by atoms with Crippen LogP contribution >= 0.6 is 11.6 Å². The zero-order valence-corrected chi connectivity index (χ0v) is 16.6. The molecule has 5 aromatic rings. The quantitative estimate of drug-likeness (QED) is 0.441. The van der Waals surface area contributed by atoms with E-state index < -0.39 is 0 Å². The Morgan fingerprint density at radius 2 is 1.80 bits per heavy atom. The molecule has 1 atom stereocenters. The van der Waals surface area contributed by atoms with E-state index in [-0.39, 0.29) is 5.92 Å². The van der Waals surface area contributed by atoms with Gasteiger partial charge < -0.3 is 4.74 Å². The largest absolute Gasteiger partial charge is 0.418 e. The number of nitrogens with zero attached hydrogens (tertiary/aromatic N) is 5. The van der Waals surface area contributed by atoms with Gasteiger partial charge in [-0.15, -0.1) is 10.2 Å². The zero-order chi connectivity index (χ0) is 20.2. The van der Waals surface area contributed by atoms with E-state index in [4.69, 9.17) is 21.3 Å². The lowest BCUT2D eigenvalue weighted by Gasteiger charge is -2.25. The molecule has 2 aromatic carbocycles. The average Bonchev–Trinajstić information content (AvgIpc) is 3.37. The summed E-state index contributed by atoms with van der Waals surface area (Å²) in [5, 5.41) is 12.6. The predicted octanol–water partition coefficient (Wildman–Crippen LogP) is 4.76. The fraction of sp³-hybridized carbons (Fsp3) is 0.0909. The van der Waals surface area contributed by atoms with E-state index in [0.717, 1.165) is 27.9 Å². The molecule has 1 aliphatic heterocycles. The second-order valence-corrected chi connectivity index (χ2v) is 7.57. The van der Waals surface area contributed by atoms with Gasteiger partial charge in [0.15, 0.2) is 11.5 Å². The van der Waals surface area contributed by atoms with Gasteiger partial charge in [-0.2, -0.15) is 0 Å². The van der Waals surface area contributed by atoms with Crippen molar-refractivity contribution >= 4 is 17.2 Å². The molecule has 3 aromatic heterocycles. The van der Waals surface area contributed by atoms with E-state index in [1.54, 1.807) is 10.8 Å². The van der Waals surface area contributed by atoms with Crippen LogP contribution in [0.2, 0.25) is 5.02 Å². The standard InChI is InChI=1S/C22H15ClN6O/c1-12-16-17(13-7-3-2-4-8-13)18-20-25-19(14-9-5-6-10-15(14)23)28-29(20)11-24-21(18)30-22(16)27-26-12/h2-11,17H,1H3,(H,26,27). The van der Waals surface area contributed by atoms with Gasteiger partial charge in [0.05, 0.1) is 16.5 Å². The summed E-state index contributed by atoms with van der Waals surface area (Å²) in [6.45, 7) is 1.99. The van der Waals surface area contributed by atoms with Crippen molar-refractivity contribution in [2.45, 2.75) is 12.8 Å². The van der Waals surface area contributed by atoms with Crippen molar-refractivity contribution in [1.29, 1.82) is 0 Å². The molecule has 146 valence electrons. The highest BCUT2D eigenvalue weighted by Crippen LogP contribution is 2.48. The van der Waals surface area contributed by atoms with Gasteiger partial charge in [-0.3, -0.25) is 5.10 Å². The summed E-state index contributed by atoms with van der Waals surface area (Å²) in [6, 6.07) is 17.7. The topological polar surface area (TPSA) is 81.0 Å². The monoisotopic (exact) mass is 414 g/mol. The van der Waals surface area contributed by atoms with Crippen LogP contribution in [0.5, 0.6) is 11.8 Å². The Kier molecular flexibility index (Phi) is 3.66. The first-order chi connectivity index (χ1) is 14.7. The number of fused-ring (bicyclic) bond motifs is 4. The smallest absolute Gasteiger partial charge is 0.244 e. The van der Waals surface area contributed by atoms with Gasteiger partial charge in [0.25, 0.3) is 0 Å². The Morgan fingerprint density at radius 3 is 2.63 bits per heavy atom. The third-order valence-electron chi connectivity index (χ3n) is 5.36. The number of nitrogens with one attached hydrogen (secondary N) is 1. The van der Waals surface area contributed by atoms with E-state index in [9.17, 15) is 0 Å². The van der Waals surface area contributed by atoms with Crippen LogP contribution in [0.15, 0.2) is 60.9 Å². The minimum Gasteiger partial charge on any atom is -0.418 e. The molecule has 0 saturated carbocycles. The maximum absolute atomic E-state index is 6.39. The molecule has 0 bridgehead atoms. The summed E-state index contributed by atoms with van der Waals surface area (Å²) in [5.41, 5.74) is 5.32. The Morgan fingerprint density at radius 1 is 1.00 bits per heavy atom. The fourth-order valence-corrected chi connectivity index (χ4v) is 4.22. The molecule has 1 aliphatic rings. The fourth-order valence-electron chi connectivity index (χ4n) is 4.00. The van der Waals surface area contributed by atoms with Gasteiger partial charge >= 0.3 is 0 Å². The number of hydrogen-bond donors (Lipinski definition) is 1. The Hall–Kier alpha value is -3.71. The van der Waals surface area contributed by atoms with Crippen molar-refractivity contribution in [3.05, 3.63) is 88.3 Å². The first-order valence-electron chi connectivity index (χ1n) is 9.48. The Bertz CT molecular complexity index is 1410. The van der Waals surface area contributed by atoms with Crippen LogP contribution in [0.3, 0.4) is 0 Å². The van der Waals surface area contributed by atoms with Gasteiger partial charge in [-0.25, -0.2) is 14.5 Å². The lowest BCUT2D eigenvalue weighted by molar-refractivity contribution is 0.416. The summed E-state index contributed by atoms with van der Waals surface area (Å²) in [4.78, 5) is 9.35. The second-order valence-electron chi connectivity index (χ2n) is 7.16. The third kappa shape index (κ3) is 2.45. The van der Waals surface area contributed by atoms with Crippen LogP contribution < -0.4 is 4.74 Å². The van der Waals surface area contributed by atoms with Gasteiger partial charge in [0.2, 0.25) is 11.8 Å². The maximum Gasteiger partial charge on any atom is 0.244 e. The predicted molar refractivity (Wildman–Crippen MR) is 112 cm³/mol. The number of aromatic amines is 1. The van der Waals surface area contributed by atoms with Crippen molar-refractivity contribution in [3.8, 4) is 23.1 Å². The third-order valence-corrected chi connectivity index (χ3v) is 5.69. The van der Waals surface area contributed by atoms with Crippen molar-refractivity contribution in [3.63, 3.8) is 0 Å². The molecule has 0 radical (unpaired) electrons. The Balaban J connectivity index is 1.64. The molecule has 6 rings (SSSR count). The van der Waals surface area contributed by atoms with Crippen LogP contribution in [0.4, 0.5) is 0 Å². The lowest BCUT2D eigenvalue weighted by Crippen LogP contribution is -2.15. The van der Waals surface area contributed by atoms with E-state index in [1.807, 2.05) is 49.4 Å². The Labute approximate surface area is 176 Å². The van der Waals surface area contributed by atoms with Gasteiger partial charge in [-0.1, -0.05) is 54.1 Å². The van der Waals surface area contributed by atoms with E-state index in [0.29, 0.717) is 28.3 Å². The van der Waals surface area contributed by atoms with E-state index in [2.05, 4.69) is 32.4 Å². The van der Waals surface area contributed by atoms with Crippen LogP contribution in [0.1, 0.15) is 28.3 Å². The molecule has 8 heteroatoms. The normalized spacial score (nSPS) is 14.9. The van der Waals surface area contributed by atoms with Gasteiger partial charge in [0.1, 0.15) is 6.33 Å². The molecule has 0 amide bonds. The minimum atomic E-state index is -0.136. The van der Waals surface area contributed by atoms with Crippen LogP contribution in [0, 0.1) is 6.92 Å². The van der Waals surface area contributed by atoms with Crippen molar-refractivity contribution in [2.75, 3.05) is 0 Å². The first-order valence-corrected chi connectivity index (χ1v) is 9.86. The number of H-pyrrole nitrogens is 1. The summed E-state index contributed by atoms with van der Waals surface area (Å²) in [7, 11) is 0. The highest BCUT2D eigenvalue weighted by molar-refractivity contribution is 6.33. The molecule has 0 spiro atoms. The SMILES string of the molecule is Cc1[nH]nc2c1C(c1ccccc1)c1c(ncn3nc(-c4ccccc4Cl)nc13)O2. The van der Waals surface area contributed by atoms with Crippen molar-refractivity contribution < 1.29 is 4.74 Å². The van der Waals surface area contributed by atoms with E-state index >= 15 is 0 Å². The lowest BCUT2D eigenvalue weighted by atomic mass is 9.84. The number of hydrogen-bond acceptors (Lipinski definition) is 5. The number of aryl methyl sites for hydroxylation is 1. The highest BCUT2D eigenvalue weighted by atomic mass is 35.5. The molecular weight excluding hydrogens is 400 g/mol. The molecule has 0 saturated heterocycles. The minimum absolute atomic E-state index is 0.136. The first kappa shape index (κ1) is 17.2. The second kappa shape index (κ2) is 6.40. The average molecular weight is 415 g/mol. The molecule has 30 heavy (non-hydrogen) atoms. The summed E-state index contributed by atoms with van der Waals surface area (Å²) in [5.74, 6) is 1.42. The number of halogens is 1. The van der Waals surface area contributed by atoms with Crippen molar-refractivity contribution in [1.82, 2.24) is 29.8 Å². The molecule has 0 fully saturated rings. The number of benzene rings is 2. The van der Waals surface area contributed by atoms with Crippen molar-refractivity contribution in [2.24, 2.45) is 0 Å². The molecular formula is C22H15ClN6O. The molecule has 4 heterocycles. The molecule has 1 unspecified atom stereocenters. The summed E-state index contributed by atoms with van der Waals surface area (Å²) in [6.07, 6.45) is 1.61. The molecule has 0 aliphatic carbocycles. The number of ether oxygens (including phenoxy) is 1. The van der Waals surface area contributed by atoms with Crippen LogP contribution in [0.25, 0.3) is 17.0 Å².